The molecule has 0 fully saturated rings. The van der Waals surface area contributed by atoms with Gasteiger partial charge in [0.25, 0.3) is 0 Å². The normalized spacial score (nSPS) is 11.2. The smallest absolute Gasteiger partial charge is 0.0464 e. The Kier molecular flexibility index (Phi) is 9.69. The minimum Gasteiger partial charge on any atom is -0.310 e. The molecule has 1 heterocycles. The van der Waals surface area contributed by atoms with Crippen LogP contribution >= 0.6 is 11.3 Å². The van der Waals surface area contributed by atoms with Gasteiger partial charge in [-0.05, 0) is 111 Å². The lowest BCUT2D eigenvalue weighted by molar-refractivity contribution is 1.16. The van der Waals surface area contributed by atoms with Crippen LogP contribution in [-0.2, 0) is 12.8 Å². The molecule has 0 amide bonds. The number of anilines is 3. The van der Waals surface area contributed by atoms with Crippen LogP contribution in [0.1, 0.15) is 22.3 Å². The molecule has 0 radical (unpaired) electrons. The predicted molar refractivity (Wildman–Crippen MR) is 249 cm³/mol. The lowest BCUT2D eigenvalue weighted by Gasteiger charge is -2.27. The Bertz CT molecular complexity index is 2970. The summed E-state index contributed by atoms with van der Waals surface area (Å²) in [5.74, 6) is 0. The van der Waals surface area contributed by atoms with Gasteiger partial charge in [0.1, 0.15) is 0 Å². The molecule has 0 spiro atoms. The van der Waals surface area contributed by atoms with Crippen molar-refractivity contribution in [1.29, 1.82) is 0 Å². The van der Waals surface area contributed by atoms with Crippen molar-refractivity contribution in [3.05, 3.63) is 247 Å². The molecule has 9 aromatic carbocycles. The van der Waals surface area contributed by atoms with Crippen LogP contribution in [0.5, 0.6) is 0 Å². The van der Waals surface area contributed by atoms with Crippen molar-refractivity contribution in [1.82, 2.24) is 0 Å². The van der Waals surface area contributed by atoms with Gasteiger partial charge in [0.2, 0.25) is 0 Å². The van der Waals surface area contributed by atoms with Crippen molar-refractivity contribution < 1.29 is 0 Å². The maximum absolute atomic E-state index is 2.42. The van der Waals surface area contributed by atoms with Crippen LogP contribution in [0.2, 0.25) is 0 Å². The third kappa shape index (κ3) is 7.11. The molecule has 0 N–H and O–H groups in total. The molecule has 1 nitrogen and oxygen atoms in total. The number of hydrogen-bond donors (Lipinski definition) is 0. The summed E-state index contributed by atoms with van der Waals surface area (Å²) in [4.78, 5) is 2.41. The molecule has 0 atom stereocenters. The minimum atomic E-state index is 0.822. The standard InChI is InChI=1S/C56H41NS/c1-4-15-40(16-5-1)37-45-21-10-11-22-50(45)51-36-35-49(39-46(51)38-41-17-6-2-7-18-41)57(47-31-27-43(28-32-47)42-19-8-3-9-20-42)48-33-29-44(30-34-48)52-24-14-25-54-53-23-12-13-26-55(53)58-56(52)54/h1-36,39H,37-38H2. The lowest BCUT2D eigenvalue weighted by atomic mass is 9.89. The Balaban J connectivity index is 1.10. The van der Waals surface area contributed by atoms with Crippen molar-refractivity contribution in [3.8, 4) is 33.4 Å². The van der Waals surface area contributed by atoms with Gasteiger partial charge in [-0.25, -0.2) is 0 Å². The van der Waals surface area contributed by atoms with Crippen LogP contribution in [0.15, 0.2) is 224 Å². The summed E-state index contributed by atoms with van der Waals surface area (Å²) < 4.78 is 2.66. The fourth-order valence-corrected chi connectivity index (χ4v) is 9.58. The monoisotopic (exact) mass is 759 g/mol. The second kappa shape index (κ2) is 15.9. The first-order chi connectivity index (χ1) is 28.7. The SMILES string of the molecule is c1ccc(Cc2ccccc2-c2ccc(N(c3ccc(-c4ccccc4)cc3)c3ccc(-c4cccc5c4sc4ccccc45)cc3)cc2Cc2ccccc2)cc1. The number of fused-ring (bicyclic) bond motifs is 3. The molecular weight excluding hydrogens is 719 g/mol. The van der Waals surface area contributed by atoms with Gasteiger partial charge in [-0.2, -0.15) is 0 Å². The van der Waals surface area contributed by atoms with Gasteiger partial charge in [0, 0.05) is 37.2 Å². The van der Waals surface area contributed by atoms with E-state index in [2.05, 4.69) is 229 Å². The summed E-state index contributed by atoms with van der Waals surface area (Å²) in [6.07, 6.45) is 1.70. The molecule has 0 bridgehead atoms. The summed E-state index contributed by atoms with van der Waals surface area (Å²) >= 11 is 1.88. The average molecular weight is 760 g/mol. The zero-order chi connectivity index (χ0) is 38.7. The topological polar surface area (TPSA) is 3.24 Å². The molecule has 0 unspecified atom stereocenters. The maximum Gasteiger partial charge on any atom is 0.0464 e. The van der Waals surface area contributed by atoms with Gasteiger partial charge in [-0.3, -0.25) is 0 Å². The Labute approximate surface area is 344 Å². The van der Waals surface area contributed by atoms with E-state index < -0.39 is 0 Å². The van der Waals surface area contributed by atoms with E-state index >= 15 is 0 Å². The van der Waals surface area contributed by atoms with Crippen molar-refractivity contribution in [2.75, 3.05) is 4.90 Å². The Morgan fingerprint density at radius 2 is 0.828 bits per heavy atom. The van der Waals surface area contributed by atoms with Crippen LogP contribution in [0.3, 0.4) is 0 Å². The van der Waals surface area contributed by atoms with Crippen LogP contribution in [0, 0.1) is 0 Å². The van der Waals surface area contributed by atoms with Crippen molar-refractivity contribution in [3.63, 3.8) is 0 Å². The molecule has 0 aliphatic rings. The first kappa shape index (κ1) is 35.4. The van der Waals surface area contributed by atoms with Crippen LogP contribution in [-0.4, -0.2) is 0 Å². The highest BCUT2D eigenvalue weighted by Gasteiger charge is 2.18. The highest BCUT2D eigenvalue weighted by Crippen LogP contribution is 2.43. The van der Waals surface area contributed by atoms with Crippen LogP contribution < -0.4 is 4.90 Å². The maximum atomic E-state index is 2.42. The average Bonchev–Trinajstić information content (AvgIpc) is 3.68. The summed E-state index contributed by atoms with van der Waals surface area (Å²) in [6, 6.07) is 81.8. The summed E-state index contributed by atoms with van der Waals surface area (Å²) in [5, 5.41) is 2.64. The van der Waals surface area contributed by atoms with Crippen molar-refractivity contribution in [2.24, 2.45) is 0 Å². The molecular formula is C56H41NS. The first-order valence-corrected chi connectivity index (χ1v) is 20.8. The third-order valence-electron chi connectivity index (χ3n) is 11.2. The van der Waals surface area contributed by atoms with E-state index in [9.17, 15) is 0 Å². The molecule has 0 saturated heterocycles. The third-order valence-corrected chi connectivity index (χ3v) is 12.4. The Hall–Kier alpha value is -7.00. The largest absolute Gasteiger partial charge is 0.310 e. The highest BCUT2D eigenvalue weighted by atomic mass is 32.1. The predicted octanol–water partition coefficient (Wildman–Crippen LogP) is 15.7. The second-order valence-electron chi connectivity index (χ2n) is 14.9. The van der Waals surface area contributed by atoms with E-state index in [0.29, 0.717) is 0 Å². The number of thiophene rings is 1. The Morgan fingerprint density at radius 3 is 1.53 bits per heavy atom. The molecule has 0 aliphatic heterocycles. The number of benzene rings is 9. The molecule has 0 saturated carbocycles. The quantitative estimate of drug-likeness (QED) is 0.134. The van der Waals surface area contributed by atoms with Crippen LogP contribution in [0.25, 0.3) is 53.6 Å². The van der Waals surface area contributed by atoms with Gasteiger partial charge < -0.3 is 4.90 Å². The zero-order valence-corrected chi connectivity index (χ0v) is 32.9. The molecule has 0 aliphatic carbocycles. The van der Waals surface area contributed by atoms with Crippen molar-refractivity contribution in [2.45, 2.75) is 12.8 Å². The number of nitrogens with zero attached hydrogens (tertiary/aromatic N) is 1. The first-order valence-electron chi connectivity index (χ1n) is 20.0. The fourth-order valence-electron chi connectivity index (χ4n) is 8.34. The summed E-state index contributed by atoms with van der Waals surface area (Å²) in [7, 11) is 0. The van der Waals surface area contributed by atoms with Crippen molar-refractivity contribution >= 4 is 48.6 Å². The molecule has 10 rings (SSSR count). The zero-order valence-electron chi connectivity index (χ0n) is 32.1. The Morgan fingerprint density at radius 1 is 0.328 bits per heavy atom. The van der Waals surface area contributed by atoms with Gasteiger partial charge >= 0.3 is 0 Å². The highest BCUT2D eigenvalue weighted by molar-refractivity contribution is 7.26. The summed E-state index contributed by atoms with van der Waals surface area (Å²) in [6.45, 7) is 0. The van der Waals surface area contributed by atoms with Gasteiger partial charge in [-0.15, -0.1) is 11.3 Å². The number of hydrogen-bond acceptors (Lipinski definition) is 2. The van der Waals surface area contributed by atoms with Gasteiger partial charge in [0.15, 0.2) is 0 Å². The molecule has 58 heavy (non-hydrogen) atoms. The number of rotatable bonds is 10. The minimum absolute atomic E-state index is 0.822. The molecule has 1 aromatic heterocycles. The molecule has 2 heteroatoms. The van der Waals surface area contributed by atoms with E-state index in [0.717, 1.165) is 29.9 Å². The van der Waals surface area contributed by atoms with Crippen LogP contribution in [0.4, 0.5) is 17.1 Å². The van der Waals surface area contributed by atoms with E-state index in [4.69, 9.17) is 0 Å². The second-order valence-corrected chi connectivity index (χ2v) is 16.0. The lowest BCUT2D eigenvalue weighted by Crippen LogP contribution is -2.11. The van der Waals surface area contributed by atoms with E-state index in [1.54, 1.807) is 0 Å². The summed E-state index contributed by atoms with van der Waals surface area (Å²) in [5.41, 5.74) is 16.0. The van der Waals surface area contributed by atoms with E-state index in [-0.39, 0.29) is 0 Å². The van der Waals surface area contributed by atoms with E-state index in [1.165, 1.54) is 75.8 Å². The van der Waals surface area contributed by atoms with E-state index in [1.807, 2.05) is 11.3 Å². The van der Waals surface area contributed by atoms with Gasteiger partial charge in [-0.1, -0.05) is 182 Å². The van der Waals surface area contributed by atoms with Gasteiger partial charge in [0.05, 0.1) is 0 Å². The fraction of sp³-hybridized carbons (Fsp3) is 0.0357. The molecule has 10 aromatic rings. The molecule has 276 valence electrons.